The number of anilines is 1. The normalized spacial score (nSPS) is 11.0. The molecule has 2 aromatic carbocycles. The number of carbonyl (C=O) groups excluding carboxylic acids is 1. The number of carbonyl (C=O) groups is 1. The van der Waals surface area contributed by atoms with Crippen molar-refractivity contribution in [2.24, 2.45) is 7.05 Å². The maximum Gasteiger partial charge on any atom is 0.237 e. The number of nitrogens with zero attached hydrogens (tertiary/aromatic N) is 4. The summed E-state index contributed by atoms with van der Waals surface area (Å²) < 4.78 is 1.95. The average molecular weight is 381 g/mol. The lowest BCUT2D eigenvalue weighted by Crippen LogP contribution is -2.38. The predicted octanol–water partition coefficient (Wildman–Crippen LogP) is 4.32. The van der Waals surface area contributed by atoms with Crippen LogP contribution in [0.5, 0.6) is 0 Å². The second-order valence-electron chi connectivity index (χ2n) is 6.66. The molecule has 0 saturated carbocycles. The summed E-state index contributed by atoms with van der Waals surface area (Å²) in [7, 11) is 1.94. The lowest BCUT2D eigenvalue weighted by atomic mass is 10.1. The molecule has 1 heterocycles. The molecule has 0 bridgehead atoms. The number of hydrogen-bond acceptors (Lipinski definition) is 4. The van der Waals surface area contributed by atoms with Crippen LogP contribution < -0.4 is 4.90 Å². The average Bonchev–Trinajstić information content (AvgIpc) is 3.01. The molecule has 3 rings (SSSR count). The first kappa shape index (κ1) is 19.2. The van der Waals surface area contributed by atoms with Gasteiger partial charge in [-0.25, -0.2) is 0 Å². The van der Waals surface area contributed by atoms with Crippen LogP contribution in [0.1, 0.15) is 19.4 Å². The van der Waals surface area contributed by atoms with E-state index in [1.165, 1.54) is 11.8 Å². The summed E-state index contributed by atoms with van der Waals surface area (Å²) in [6.45, 7) is 6.10. The number of hydrogen-bond donors (Lipinski definition) is 0. The largest absolute Gasteiger partial charge is 0.309 e. The molecule has 5 nitrogen and oxygen atoms in total. The molecule has 0 fully saturated rings. The van der Waals surface area contributed by atoms with Crippen LogP contribution in [0.15, 0.2) is 59.8 Å². The molecule has 27 heavy (non-hydrogen) atoms. The molecule has 0 aliphatic carbocycles. The molecule has 3 aromatic rings. The summed E-state index contributed by atoms with van der Waals surface area (Å²) in [6, 6.07) is 17.9. The van der Waals surface area contributed by atoms with Gasteiger partial charge >= 0.3 is 0 Å². The van der Waals surface area contributed by atoms with Crippen LogP contribution in [0.2, 0.25) is 0 Å². The highest BCUT2D eigenvalue weighted by Crippen LogP contribution is 2.26. The standard InChI is InChI=1S/C21H24N4OS/c1-15(2)25(17-11-6-5-7-12-17)19(26)14-27-21-23-22-20(24(21)4)18-13-9-8-10-16(18)3/h5-13,15H,14H2,1-4H3. The fraction of sp³-hybridized carbons (Fsp3) is 0.286. The number of rotatable bonds is 6. The van der Waals surface area contributed by atoms with E-state index in [1.54, 1.807) is 0 Å². The van der Waals surface area contributed by atoms with Crippen molar-refractivity contribution in [3.63, 3.8) is 0 Å². The van der Waals surface area contributed by atoms with E-state index >= 15 is 0 Å². The van der Waals surface area contributed by atoms with Crippen molar-refractivity contribution in [1.29, 1.82) is 0 Å². The Morgan fingerprint density at radius 3 is 2.41 bits per heavy atom. The third kappa shape index (κ3) is 4.22. The molecule has 1 aromatic heterocycles. The number of aryl methyl sites for hydroxylation is 1. The van der Waals surface area contributed by atoms with Crippen molar-refractivity contribution < 1.29 is 4.79 Å². The number of para-hydroxylation sites is 1. The van der Waals surface area contributed by atoms with Gasteiger partial charge in [-0.15, -0.1) is 10.2 Å². The van der Waals surface area contributed by atoms with Crippen molar-refractivity contribution in [3.8, 4) is 11.4 Å². The van der Waals surface area contributed by atoms with Gasteiger partial charge in [-0.1, -0.05) is 54.2 Å². The van der Waals surface area contributed by atoms with Crippen molar-refractivity contribution in [2.75, 3.05) is 10.7 Å². The topological polar surface area (TPSA) is 51.0 Å². The fourth-order valence-corrected chi connectivity index (χ4v) is 3.78. The summed E-state index contributed by atoms with van der Waals surface area (Å²) in [5, 5.41) is 9.35. The minimum Gasteiger partial charge on any atom is -0.309 e. The minimum atomic E-state index is 0.0571. The Balaban J connectivity index is 1.75. The Kier molecular flexibility index (Phi) is 5.96. The highest BCUT2D eigenvalue weighted by molar-refractivity contribution is 7.99. The van der Waals surface area contributed by atoms with E-state index in [1.807, 2.05) is 78.9 Å². The number of benzene rings is 2. The Hall–Kier alpha value is -2.60. The van der Waals surface area contributed by atoms with E-state index in [2.05, 4.69) is 23.2 Å². The quantitative estimate of drug-likeness (QED) is 0.598. The zero-order chi connectivity index (χ0) is 19.4. The highest BCUT2D eigenvalue weighted by atomic mass is 32.2. The number of amides is 1. The molecular weight excluding hydrogens is 356 g/mol. The SMILES string of the molecule is Cc1ccccc1-c1nnc(SCC(=O)N(c2ccccc2)C(C)C)n1C. The van der Waals surface area contributed by atoms with Crippen LogP contribution in [-0.4, -0.2) is 32.5 Å². The van der Waals surface area contributed by atoms with Gasteiger partial charge in [0.2, 0.25) is 5.91 Å². The number of thioether (sulfide) groups is 1. The Morgan fingerprint density at radius 2 is 1.74 bits per heavy atom. The Bertz CT molecular complexity index is 921. The molecule has 0 aliphatic rings. The molecule has 0 spiro atoms. The second-order valence-corrected chi connectivity index (χ2v) is 7.60. The van der Waals surface area contributed by atoms with Crippen LogP contribution in [0, 0.1) is 6.92 Å². The lowest BCUT2D eigenvalue weighted by Gasteiger charge is -2.26. The zero-order valence-electron chi connectivity index (χ0n) is 16.1. The van der Waals surface area contributed by atoms with E-state index in [-0.39, 0.29) is 11.9 Å². The molecule has 140 valence electrons. The molecular formula is C21H24N4OS. The Labute approximate surface area is 164 Å². The van der Waals surface area contributed by atoms with Crippen LogP contribution in [0.3, 0.4) is 0 Å². The van der Waals surface area contributed by atoms with Crippen molar-refractivity contribution in [1.82, 2.24) is 14.8 Å². The van der Waals surface area contributed by atoms with Gasteiger partial charge in [0.15, 0.2) is 11.0 Å². The summed E-state index contributed by atoms with van der Waals surface area (Å²) in [6.07, 6.45) is 0. The molecule has 0 unspecified atom stereocenters. The van der Waals surface area contributed by atoms with Crippen molar-refractivity contribution >= 4 is 23.4 Å². The van der Waals surface area contributed by atoms with Gasteiger partial charge in [0.05, 0.1) is 5.75 Å². The van der Waals surface area contributed by atoms with E-state index in [0.29, 0.717) is 5.75 Å². The van der Waals surface area contributed by atoms with Gasteiger partial charge in [-0.3, -0.25) is 4.79 Å². The molecule has 0 radical (unpaired) electrons. The summed E-state index contributed by atoms with van der Waals surface area (Å²) in [4.78, 5) is 14.7. The predicted molar refractivity (Wildman–Crippen MR) is 111 cm³/mol. The maximum atomic E-state index is 12.8. The molecule has 0 N–H and O–H groups in total. The molecule has 6 heteroatoms. The van der Waals surface area contributed by atoms with Gasteiger partial charge in [-0.05, 0) is 38.5 Å². The van der Waals surface area contributed by atoms with Gasteiger partial charge in [-0.2, -0.15) is 0 Å². The van der Waals surface area contributed by atoms with Crippen molar-refractivity contribution in [2.45, 2.75) is 32.0 Å². The lowest BCUT2D eigenvalue weighted by molar-refractivity contribution is -0.116. The smallest absolute Gasteiger partial charge is 0.237 e. The van der Waals surface area contributed by atoms with Gasteiger partial charge in [0.1, 0.15) is 0 Å². The van der Waals surface area contributed by atoms with E-state index in [0.717, 1.165) is 27.8 Å². The van der Waals surface area contributed by atoms with E-state index < -0.39 is 0 Å². The summed E-state index contributed by atoms with van der Waals surface area (Å²) >= 11 is 1.42. The third-order valence-corrected chi connectivity index (χ3v) is 5.37. The van der Waals surface area contributed by atoms with Gasteiger partial charge in [0.25, 0.3) is 0 Å². The minimum absolute atomic E-state index is 0.0571. The van der Waals surface area contributed by atoms with E-state index in [9.17, 15) is 4.79 Å². The monoisotopic (exact) mass is 380 g/mol. The molecule has 0 aliphatic heterocycles. The highest BCUT2D eigenvalue weighted by Gasteiger charge is 2.20. The summed E-state index contributed by atoms with van der Waals surface area (Å²) in [5.74, 6) is 1.18. The zero-order valence-corrected chi connectivity index (χ0v) is 16.9. The summed E-state index contributed by atoms with van der Waals surface area (Å²) in [5.41, 5.74) is 3.12. The molecule has 1 amide bonds. The Morgan fingerprint density at radius 1 is 1.07 bits per heavy atom. The van der Waals surface area contributed by atoms with E-state index in [4.69, 9.17) is 0 Å². The van der Waals surface area contributed by atoms with Crippen LogP contribution in [-0.2, 0) is 11.8 Å². The fourth-order valence-electron chi connectivity index (χ4n) is 3.01. The van der Waals surface area contributed by atoms with Gasteiger partial charge < -0.3 is 9.47 Å². The molecule has 0 atom stereocenters. The van der Waals surface area contributed by atoms with Crippen LogP contribution in [0.25, 0.3) is 11.4 Å². The second kappa shape index (κ2) is 8.39. The third-order valence-electron chi connectivity index (χ3n) is 4.37. The number of aromatic nitrogens is 3. The van der Waals surface area contributed by atoms with Crippen LogP contribution in [0.4, 0.5) is 5.69 Å². The van der Waals surface area contributed by atoms with Gasteiger partial charge in [0, 0.05) is 24.3 Å². The first-order valence-corrected chi connectivity index (χ1v) is 9.93. The molecule has 0 saturated heterocycles. The first-order chi connectivity index (χ1) is 13.0. The van der Waals surface area contributed by atoms with Crippen LogP contribution >= 0.6 is 11.8 Å². The maximum absolute atomic E-state index is 12.8. The first-order valence-electron chi connectivity index (χ1n) is 8.94. The van der Waals surface area contributed by atoms with Crippen molar-refractivity contribution in [3.05, 3.63) is 60.2 Å².